The molecular formula is C40H72O4. The highest BCUT2D eigenvalue weighted by atomic mass is 16.5. The first-order valence-electron chi connectivity index (χ1n) is 19.0. The van der Waals surface area contributed by atoms with E-state index in [9.17, 15) is 9.59 Å². The Morgan fingerprint density at radius 2 is 0.909 bits per heavy atom. The van der Waals surface area contributed by atoms with E-state index in [0.717, 1.165) is 77.0 Å². The molecule has 0 heterocycles. The van der Waals surface area contributed by atoms with Gasteiger partial charge in [0.25, 0.3) is 0 Å². The summed E-state index contributed by atoms with van der Waals surface area (Å²) in [6.07, 6.45) is 45.8. The van der Waals surface area contributed by atoms with Crippen LogP contribution in [-0.2, 0) is 14.3 Å². The van der Waals surface area contributed by atoms with E-state index in [-0.39, 0.29) is 18.5 Å². The van der Waals surface area contributed by atoms with Crippen LogP contribution in [0.15, 0.2) is 36.5 Å². The second-order valence-electron chi connectivity index (χ2n) is 12.8. The van der Waals surface area contributed by atoms with Gasteiger partial charge in [-0.15, -0.1) is 0 Å². The van der Waals surface area contributed by atoms with Gasteiger partial charge in [-0.1, -0.05) is 134 Å². The van der Waals surface area contributed by atoms with Gasteiger partial charge in [-0.05, 0) is 89.9 Å². The predicted molar refractivity (Wildman–Crippen MR) is 190 cm³/mol. The average Bonchev–Trinajstić information content (AvgIpc) is 3.00. The van der Waals surface area contributed by atoms with Gasteiger partial charge in [-0.3, -0.25) is 9.59 Å². The van der Waals surface area contributed by atoms with Crippen LogP contribution in [0.3, 0.4) is 0 Å². The molecule has 4 heteroatoms. The van der Waals surface area contributed by atoms with Crippen molar-refractivity contribution in [3.05, 3.63) is 36.5 Å². The molecule has 1 N–H and O–H groups in total. The summed E-state index contributed by atoms with van der Waals surface area (Å²) in [5.41, 5.74) is 0. The minimum atomic E-state index is -0.706. The normalized spacial score (nSPS) is 12.6. The number of carboxylic acids is 1. The molecule has 0 bridgehead atoms. The molecular weight excluding hydrogens is 544 g/mol. The summed E-state index contributed by atoms with van der Waals surface area (Å²) in [5.74, 6) is -0.727. The lowest BCUT2D eigenvalue weighted by atomic mass is 10.0. The number of carbonyl (C=O) groups is 2. The summed E-state index contributed by atoms with van der Waals surface area (Å²) in [5, 5.41) is 8.81. The quantitative estimate of drug-likeness (QED) is 0.0444. The number of hydrogen-bond acceptors (Lipinski definition) is 3. The number of unbranched alkanes of at least 4 members (excludes halogenated alkanes) is 19. The summed E-state index contributed by atoms with van der Waals surface area (Å²) in [6, 6.07) is 0. The van der Waals surface area contributed by atoms with Gasteiger partial charge in [-0.2, -0.15) is 0 Å². The van der Waals surface area contributed by atoms with Crippen LogP contribution in [0.1, 0.15) is 200 Å². The van der Waals surface area contributed by atoms with Gasteiger partial charge in [0.15, 0.2) is 0 Å². The van der Waals surface area contributed by atoms with Gasteiger partial charge in [0, 0.05) is 12.8 Å². The summed E-state index contributed by atoms with van der Waals surface area (Å²) in [7, 11) is 0. The predicted octanol–water partition coefficient (Wildman–Crippen LogP) is 13.0. The highest BCUT2D eigenvalue weighted by Gasteiger charge is 2.14. The minimum absolute atomic E-state index is 0.0211. The molecule has 0 aromatic carbocycles. The zero-order valence-electron chi connectivity index (χ0n) is 29.2. The highest BCUT2D eigenvalue weighted by Crippen LogP contribution is 2.18. The van der Waals surface area contributed by atoms with Crippen LogP contribution in [0, 0.1) is 0 Å². The summed E-state index contributed by atoms with van der Waals surface area (Å²) in [6.45, 7) is 4.50. The molecule has 0 aromatic heterocycles. The summed E-state index contributed by atoms with van der Waals surface area (Å²) >= 11 is 0. The van der Waals surface area contributed by atoms with E-state index < -0.39 is 5.97 Å². The molecule has 44 heavy (non-hydrogen) atoms. The van der Waals surface area contributed by atoms with Crippen molar-refractivity contribution in [3.8, 4) is 0 Å². The molecule has 0 aromatic rings. The number of allylic oxidation sites excluding steroid dienone is 6. The number of hydrogen-bond donors (Lipinski definition) is 1. The lowest BCUT2D eigenvalue weighted by Gasteiger charge is -2.18. The molecule has 0 aliphatic rings. The maximum Gasteiger partial charge on any atom is 0.306 e. The SMILES string of the molecule is CCCC/C=C\CCCCCCCC(=O)OC(CCCCC/C=C\C/C=C\CCCCCCC)CCCCCCCC(=O)O. The molecule has 0 fully saturated rings. The Balaban J connectivity index is 4.14. The highest BCUT2D eigenvalue weighted by molar-refractivity contribution is 5.69. The molecule has 0 aliphatic heterocycles. The second-order valence-corrected chi connectivity index (χ2v) is 12.8. The molecule has 256 valence electrons. The molecule has 0 saturated carbocycles. The first-order chi connectivity index (χ1) is 21.6. The summed E-state index contributed by atoms with van der Waals surface area (Å²) in [4.78, 5) is 23.3. The topological polar surface area (TPSA) is 63.6 Å². The van der Waals surface area contributed by atoms with Crippen molar-refractivity contribution in [3.63, 3.8) is 0 Å². The number of aliphatic carboxylic acids is 1. The Kier molecular flexibility index (Phi) is 34.1. The third-order valence-electron chi connectivity index (χ3n) is 8.33. The maximum atomic E-state index is 12.6. The van der Waals surface area contributed by atoms with E-state index in [0.29, 0.717) is 6.42 Å². The lowest BCUT2D eigenvalue weighted by molar-refractivity contribution is -0.150. The third-order valence-corrected chi connectivity index (χ3v) is 8.33. The fourth-order valence-corrected chi connectivity index (χ4v) is 5.49. The van der Waals surface area contributed by atoms with E-state index in [1.807, 2.05) is 0 Å². The number of carboxylic acid groups (broad SMARTS) is 1. The van der Waals surface area contributed by atoms with Gasteiger partial charge in [-0.25, -0.2) is 0 Å². The Hall–Kier alpha value is -1.84. The molecule has 0 spiro atoms. The van der Waals surface area contributed by atoms with Crippen LogP contribution in [0.25, 0.3) is 0 Å². The van der Waals surface area contributed by atoms with Crippen molar-refractivity contribution >= 4 is 11.9 Å². The Bertz CT molecular complexity index is 708. The smallest absolute Gasteiger partial charge is 0.306 e. The average molecular weight is 617 g/mol. The maximum absolute atomic E-state index is 12.6. The monoisotopic (exact) mass is 617 g/mol. The second kappa shape index (κ2) is 35.6. The fraction of sp³-hybridized carbons (Fsp3) is 0.800. The van der Waals surface area contributed by atoms with Crippen molar-refractivity contribution in [1.29, 1.82) is 0 Å². The van der Waals surface area contributed by atoms with Crippen LogP contribution < -0.4 is 0 Å². The van der Waals surface area contributed by atoms with Crippen molar-refractivity contribution in [1.82, 2.24) is 0 Å². The number of esters is 1. The molecule has 1 unspecified atom stereocenters. The van der Waals surface area contributed by atoms with Crippen molar-refractivity contribution in [2.75, 3.05) is 0 Å². The summed E-state index contributed by atoms with van der Waals surface area (Å²) < 4.78 is 5.97. The first-order valence-corrected chi connectivity index (χ1v) is 19.0. The Labute approximate surface area is 273 Å². The molecule has 0 aliphatic carbocycles. The van der Waals surface area contributed by atoms with Gasteiger partial charge < -0.3 is 9.84 Å². The van der Waals surface area contributed by atoms with Crippen molar-refractivity contribution in [2.24, 2.45) is 0 Å². The van der Waals surface area contributed by atoms with E-state index in [1.165, 1.54) is 96.3 Å². The van der Waals surface area contributed by atoms with Gasteiger partial charge >= 0.3 is 11.9 Å². The minimum Gasteiger partial charge on any atom is -0.481 e. The standard InChI is InChI=1S/C40H72O4/c1-3-5-7-9-11-13-15-16-17-18-20-21-23-26-30-34-38(35-31-27-25-28-32-36-39(41)42)44-40(43)37-33-29-24-22-19-14-12-10-8-6-4-2/h10,12,15-16,18,20,38H,3-9,11,13-14,17,19,21-37H2,1-2H3,(H,41,42)/b12-10-,16-15-,20-18-. The Morgan fingerprint density at radius 1 is 0.500 bits per heavy atom. The number of ether oxygens (including phenoxy) is 1. The molecule has 0 radical (unpaired) electrons. The van der Waals surface area contributed by atoms with E-state index in [2.05, 4.69) is 50.3 Å². The molecule has 4 nitrogen and oxygen atoms in total. The van der Waals surface area contributed by atoms with Crippen molar-refractivity contribution < 1.29 is 19.4 Å². The van der Waals surface area contributed by atoms with Crippen LogP contribution >= 0.6 is 0 Å². The third kappa shape index (κ3) is 34.6. The largest absolute Gasteiger partial charge is 0.481 e. The molecule has 1 atom stereocenters. The number of carbonyl (C=O) groups excluding carboxylic acids is 1. The number of rotatable bonds is 34. The van der Waals surface area contributed by atoms with E-state index >= 15 is 0 Å². The first kappa shape index (κ1) is 42.2. The fourth-order valence-electron chi connectivity index (χ4n) is 5.49. The van der Waals surface area contributed by atoms with E-state index in [4.69, 9.17) is 9.84 Å². The van der Waals surface area contributed by atoms with Gasteiger partial charge in [0.1, 0.15) is 6.10 Å². The van der Waals surface area contributed by atoms with Crippen LogP contribution in [0.4, 0.5) is 0 Å². The van der Waals surface area contributed by atoms with Crippen molar-refractivity contribution in [2.45, 2.75) is 206 Å². The molecule has 0 rings (SSSR count). The zero-order chi connectivity index (χ0) is 32.2. The lowest BCUT2D eigenvalue weighted by Crippen LogP contribution is -2.18. The molecule has 0 amide bonds. The van der Waals surface area contributed by atoms with Crippen LogP contribution in [0.5, 0.6) is 0 Å². The van der Waals surface area contributed by atoms with Gasteiger partial charge in [0.2, 0.25) is 0 Å². The molecule has 0 saturated heterocycles. The van der Waals surface area contributed by atoms with Crippen LogP contribution in [0.2, 0.25) is 0 Å². The Morgan fingerprint density at radius 3 is 1.45 bits per heavy atom. The van der Waals surface area contributed by atoms with Gasteiger partial charge in [0.05, 0.1) is 0 Å². The van der Waals surface area contributed by atoms with Crippen LogP contribution in [-0.4, -0.2) is 23.1 Å². The van der Waals surface area contributed by atoms with E-state index in [1.54, 1.807) is 0 Å². The zero-order valence-corrected chi connectivity index (χ0v) is 29.2.